The van der Waals surface area contributed by atoms with E-state index in [1.54, 1.807) is 44.4 Å². The Balaban J connectivity index is 1.73. The number of rotatable bonds is 4. The van der Waals surface area contributed by atoms with Gasteiger partial charge >= 0.3 is 5.91 Å². The van der Waals surface area contributed by atoms with Gasteiger partial charge in [0.25, 0.3) is 5.78 Å². The van der Waals surface area contributed by atoms with Crippen LogP contribution in [-0.2, 0) is 9.59 Å². The van der Waals surface area contributed by atoms with Gasteiger partial charge < -0.3 is 14.9 Å². The fourth-order valence-electron chi connectivity index (χ4n) is 4.45. The van der Waals surface area contributed by atoms with E-state index in [-0.39, 0.29) is 17.1 Å². The van der Waals surface area contributed by atoms with Gasteiger partial charge in [0.2, 0.25) is 0 Å². The zero-order chi connectivity index (χ0) is 25.7. The number of benzene rings is 3. The molecular weight excluding hydrogens is 476 g/mol. The number of ketones is 1. The SMILES string of the molecule is COc1ccc(/C(O)=C2\C(=O)C(=O)N(c3nc4cc(C)c(C)cc4s3)C2c2ccc(O)cc2)c(C)c1. The molecule has 4 aromatic rings. The molecule has 1 aromatic heterocycles. The molecule has 3 aromatic carbocycles. The van der Waals surface area contributed by atoms with Gasteiger partial charge in [-0.1, -0.05) is 23.5 Å². The highest BCUT2D eigenvalue weighted by molar-refractivity contribution is 7.22. The molecule has 0 bridgehead atoms. The summed E-state index contributed by atoms with van der Waals surface area (Å²) in [5, 5.41) is 21.6. The van der Waals surface area contributed by atoms with Crippen molar-refractivity contribution < 1.29 is 24.5 Å². The number of amides is 1. The average Bonchev–Trinajstić information content (AvgIpc) is 3.36. The fraction of sp³-hybridized carbons (Fsp3) is 0.179. The second-order valence-corrected chi connectivity index (χ2v) is 9.85. The number of aliphatic hydroxyl groups excluding tert-OH is 1. The van der Waals surface area contributed by atoms with E-state index in [0.717, 1.165) is 21.3 Å². The summed E-state index contributed by atoms with van der Waals surface area (Å²) in [4.78, 5) is 32.9. The number of nitrogens with zero attached hydrogens (tertiary/aromatic N) is 2. The number of hydrogen-bond acceptors (Lipinski definition) is 7. The highest BCUT2D eigenvalue weighted by atomic mass is 32.1. The maximum absolute atomic E-state index is 13.4. The molecule has 1 unspecified atom stereocenters. The summed E-state index contributed by atoms with van der Waals surface area (Å²) in [6.07, 6.45) is 0. The first kappa shape index (κ1) is 23.6. The summed E-state index contributed by atoms with van der Waals surface area (Å²) in [7, 11) is 1.55. The van der Waals surface area contributed by atoms with E-state index in [4.69, 9.17) is 4.74 Å². The normalized spacial score (nSPS) is 17.2. The number of phenols is 1. The van der Waals surface area contributed by atoms with Crippen molar-refractivity contribution in [3.05, 3.63) is 88.0 Å². The van der Waals surface area contributed by atoms with E-state index in [1.165, 1.54) is 28.4 Å². The lowest BCUT2D eigenvalue weighted by molar-refractivity contribution is -0.132. The molecular formula is C28H24N2O5S. The van der Waals surface area contributed by atoms with Crippen LogP contribution in [0.15, 0.2) is 60.2 Å². The lowest BCUT2D eigenvalue weighted by atomic mass is 9.94. The maximum atomic E-state index is 13.4. The molecule has 2 N–H and O–H groups in total. The minimum Gasteiger partial charge on any atom is -0.508 e. The molecule has 1 saturated heterocycles. The Kier molecular flexibility index (Phi) is 5.76. The van der Waals surface area contributed by atoms with Gasteiger partial charge in [-0.05, 0) is 85.5 Å². The largest absolute Gasteiger partial charge is 0.508 e. The van der Waals surface area contributed by atoms with Crippen molar-refractivity contribution in [2.45, 2.75) is 26.8 Å². The monoisotopic (exact) mass is 500 g/mol. The van der Waals surface area contributed by atoms with Crippen molar-refractivity contribution in [1.82, 2.24) is 4.98 Å². The predicted octanol–water partition coefficient (Wildman–Crippen LogP) is 5.56. The van der Waals surface area contributed by atoms with Crippen LogP contribution in [0.5, 0.6) is 11.5 Å². The first-order valence-electron chi connectivity index (χ1n) is 11.3. The smallest absolute Gasteiger partial charge is 0.301 e. The van der Waals surface area contributed by atoms with Gasteiger partial charge in [-0.3, -0.25) is 14.5 Å². The highest BCUT2D eigenvalue weighted by Crippen LogP contribution is 2.45. The number of aromatic hydroxyl groups is 1. The molecule has 1 aliphatic heterocycles. The second-order valence-electron chi connectivity index (χ2n) is 8.84. The minimum atomic E-state index is -0.921. The number of aliphatic hydroxyl groups is 1. The van der Waals surface area contributed by atoms with E-state index >= 15 is 0 Å². The van der Waals surface area contributed by atoms with E-state index < -0.39 is 17.7 Å². The van der Waals surface area contributed by atoms with Crippen molar-refractivity contribution in [3.63, 3.8) is 0 Å². The lowest BCUT2D eigenvalue weighted by Crippen LogP contribution is -2.29. The number of methoxy groups -OCH3 is 1. The number of anilines is 1. The quantitative estimate of drug-likeness (QED) is 0.216. The fourth-order valence-corrected chi connectivity index (χ4v) is 5.52. The van der Waals surface area contributed by atoms with Gasteiger partial charge in [0.05, 0.1) is 28.9 Å². The number of phenolic OH excluding ortho intramolecular Hbond substituents is 1. The van der Waals surface area contributed by atoms with Gasteiger partial charge in [0.1, 0.15) is 17.3 Å². The zero-order valence-corrected chi connectivity index (χ0v) is 21.0. The molecule has 0 spiro atoms. The molecule has 7 nitrogen and oxygen atoms in total. The summed E-state index contributed by atoms with van der Waals surface area (Å²) >= 11 is 1.31. The van der Waals surface area contributed by atoms with Gasteiger partial charge in [-0.15, -0.1) is 0 Å². The number of fused-ring (bicyclic) bond motifs is 1. The molecule has 1 aliphatic rings. The number of hydrogen-bond donors (Lipinski definition) is 2. The van der Waals surface area contributed by atoms with Crippen molar-refractivity contribution in [3.8, 4) is 11.5 Å². The molecule has 1 atom stereocenters. The lowest BCUT2D eigenvalue weighted by Gasteiger charge is -2.23. The molecule has 182 valence electrons. The van der Waals surface area contributed by atoms with E-state index in [0.29, 0.717) is 27.6 Å². The van der Waals surface area contributed by atoms with Crippen LogP contribution < -0.4 is 9.64 Å². The molecule has 0 radical (unpaired) electrons. The third-order valence-electron chi connectivity index (χ3n) is 6.54. The van der Waals surface area contributed by atoms with Gasteiger partial charge in [-0.25, -0.2) is 4.98 Å². The Morgan fingerprint density at radius 2 is 1.67 bits per heavy atom. The zero-order valence-electron chi connectivity index (χ0n) is 20.2. The van der Waals surface area contributed by atoms with E-state index in [9.17, 15) is 19.8 Å². The molecule has 0 saturated carbocycles. The summed E-state index contributed by atoms with van der Waals surface area (Å²) in [5.74, 6) is -1.19. The number of aromatic nitrogens is 1. The van der Waals surface area contributed by atoms with Crippen LogP contribution in [-0.4, -0.2) is 34.0 Å². The number of carbonyl (C=O) groups is 2. The van der Waals surface area contributed by atoms with Crippen molar-refractivity contribution in [1.29, 1.82) is 0 Å². The number of thiazole rings is 1. The van der Waals surface area contributed by atoms with Crippen molar-refractivity contribution >= 4 is 44.1 Å². The highest BCUT2D eigenvalue weighted by Gasteiger charge is 2.48. The van der Waals surface area contributed by atoms with Gasteiger partial charge in [-0.2, -0.15) is 0 Å². The Morgan fingerprint density at radius 1 is 0.972 bits per heavy atom. The van der Waals surface area contributed by atoms with E-state index in [2.05, 4.69) is 4.98 Å². The first-order chi connectivity index (χ1) is 17.2. The number of aryl methyl sites for hydroxylation is 3. The Morgan fingerprint density at radius 3 is 2.33 bits per heavy atom. The number of carbonyl (C=O) groups excluding carboxylic acids is 2. The van der Waals surface area contributed by atoms with Crippen molar-refractivity contribution in [2.24, 2.45) is 0 Å². The first-order valence-corrected chi connectivity index (χ1v) is 12.1. The maximum Gasteiger partial charge on any atom is 0.301 e. The van der Waals surface area contributed by atoms with Crippen LogP contribution in [0.2, 0.25) is 0 Å². The Bertz CT molecular complexity index is 1530. The third kappa shape index (κ3) is 3.79. The van der Waals surface area contributed by atoms with Gasteiger partial charge in [0.15, 0.2) is 5.13 Å². The minimum absolute atomic E-state index is 0.0365. The average molecular weight is 501 g/mol. The second kappa shape index (κ2) is 8.80. The van der Waals surface area contributed by atoms with Crippen LogP contribution >= 0.6 is 11.3 Å². The molecule has 0 aliphatic carbocycles. The number of ether oxygens (including phenoxy) is 1. The molecule has 1 fully saturated rings. The summed E-state index contributed by atoms with van der Waals surface area (Å²) in [6.45, 7) is 5.79. The summed E-state index contributed by atoms with van der Waals surface area (Å²) in [5.41, 5.74) is 4.55. The molecule has 2 heterocycles. The molecule has 8 heteroatoms. The summed E-state index contributed by atoms with van der Waals surface area (Å²) in [6, 6.07) is 14.4. The Labute approximate surface area is 211 Å². The van der Waals surface area contributed by atoms with Gasteiger partial charge in [0, 0.05) is 5.56 Å². The topological polar surface area (TPSA) is 100.0 Å². The number of Topliss-reactive ketones (excluding diaryl/α,β-unsaturated/α-hetero) is 1. The van der Waals surface area contributed by atoms with Crippen LogP contribution in [0, 0.1) is 20.8 Å². The van der Waals surface area contributed by atoms with Crippen LogP contribution in [0.1, 0.15) is 33.9 Å². The van der Waals surface area contributed by atoms with Crippen LogP contribution in [0.4, 0.5) is 5.13 Å². The third-order valence-corrected chi connectivity index (χ3v) is 7.56. The van der Waals surface area contributed by atoms with Crippen LogP contribution in [0.25, 0.3) is 16.0 Å². The Hall–Kier alpha value is -4.17. The standard InChI is InChI=1S/C28H24N2O5S/c1-14-12-21-22(13-15(14)2)36-28(29-21)30-24(17-5-7-18(31)8-6-17)23(26(33)27(30)34)25(32)20-10-9-19(35-4)11-16(20)3/h5-13,24,31-32H,1-4H3/b25-23+. The summed E-state index contributed by atoms with van der Waals surface area (Å²) < 4.78 is 6.15. The van der Waals surface area contributed by atoms with E-state index in [1.807, 2.05) is 26.0 Å². The molecule has 36 heavy (non-hydrogen) atoms. The van der Waals surface area contributed by atoms with Crippen LogP contribution in [0.3, 0.4) is 0 Å². The van der Waals surface area contributed by atoms with Crippen molar-refractivity contribution in [2.75, 3.05) is 12.0 Å². The predicted molar refractivity (Wildman–Crippen MR) is 140 cm³/mol. The molecule has 5 rings (SSSR count). The molecule has 1 amide bonds.